The van der Waals surface area contributed by atoms with Crippen molar-refractivity contribution in [1.82, 2.24) is 0 Å². The molecule has 0 heterocycles. The van der Waals surface area contributed by atoms with Gasteiger partial charge in [0.05, 0.1) is 0 Å². The van der Waals surface area contributed by atoms with Crippen molar-refractivity contribution in [2.75, 3.05) is 0 Å². The highest BCUT2D eigenvalue weighted by molar-refractivity contribution is 6.63. The fourth-order valence-corrected chi connectivity index (χ4v) is 0.386. The van der Waals surface area contributed by atoms with Crippen molar-refractivity contribution < 1.29 is 4.79 Å². The van der Waals surface area contributed by atoms with E-state index in [1.54, 1.807) is 0 Å². The van der Waals surface area contributed by atoms with Crippen LogP contribution in [0, 0.1) is 0 Å². The minimum atomic E-state index is -0.238. The molecule has 0 unspecified atom stereocenters. The van der Waals surface area contributed by atoms with Crippen LogP contribution in [0.2, 0.25) is 0 Å². The summed E-state index contributed by atoms with van der Waals surface area (Å²) in [4.78, 5) is 9.81. The summed E-state index contributed by atoms with van der Waals surface area (Å²) in [5.41, 5.74) is 0. The van der Waals surface area contributed by atoms with Crippen LogP contribution in [0.25, 0.3) is 0 Å². The van der Waals surface area contributed by atoms with Gasteiger partial charge in [0, 0.05) is 6.42 Å². The lowest BCUT2D eigenvalue weighted by Gasteiger charge is -1.77. The third-order valence-corrected chi connectivity index (χ3v) is 0.636. The van der Waals surface area contributed by atoms with Crippen molar-refractivity contribution in [3.63, 3.8) is 0 Å². The molecule has 0 saturated carbocycles. The molecule has 0 aromatic heterocycles. The fraction of sp³-hybridized carbons (Fsp3) is 0.750. The van der Waals surface area contributed by atoms with Crippen LogP contribution in [0.3, 0.4) is 0 Å². The van der Waals surface area contributed by atoms with Crippen LogP contribution >= 0.6 is 11.6 Å². The van der Waals surface area contributed by atoms with Crippen molar-refractivity contribution in [3.8, 4) is 0 Å². The molecule has 0 spiro atoms. The summed E-state index contributed by atoms with van der Waals surface area (Å²) >= 11 is 4.94. The van der Waals surface area contributed by atoms with Gasteiger partial charge in [0.25, 0.3) is 0 Å². The molecule has 0 atom stereocenters. The van der Waals surface area contributed by atoms with Gasteiger partial charge in [0.2, 0.25) is 5.24 Å². The van der Waals surface area contributed by atoms with Crippen LogP contribution in [-0.4, -0.2) is 5.24 Å². The van der Waals surface area contributed by atoms with E-state index in [0.29, 0.717) is 6.42 Å². The first-order valence-corrected chi connectivity index (χ1v) is 2.33. The molecule has 0 bridgehead atoms. The van der Waals surface area contributed by atoms with E-state index in [1.807, 2.05) is 6.92 Å². The Labute approximate surface area is 42.3 Å². The molecule has 0 aromatic rings. The van der Waals surface area contributed by atoms with Crippen molar-refractivity contribution in [2.45, 2.75) is 19.8 Å². The van der Waals surface area contributed by atoms with Crippen molar-refractivity contribution in [2.24, 2.45) is 0 Å². The van der Waals surface area contributed by atoms with Crippen molar-refractivity contribution >= 4 is 16.8 Å². The maximum absolute atomic E-state index is 9.81. The molecule has 0 saturated heterocycles. The van der Waals surface area contributed by atoms with E-state index in [-0.39, 0.29) is 5.24 Å². The molecule has 0 rings (SSSR count). The lowest BCUT2D eigenvalue weighted by Crippen LogP contribution is -1.79. The third kappa shape index (κ3) is 3.96. The second kappa shape index (κ2) is 3.16. The first-order chi connectivity index (χ1) is 2.77. The van der Waals surface area contributed by atoms with Crippen LogP contribution < -0.4 is 0 Å². The van der Waals surface area contributed by atoms with E-state index in [1.165, 1.54) is 0 Å². The molecule has 2 heteroatoms. The molecule has 36 valence electrons. The topological polar surface area (TPSA) is 17.1 Å². The number of halogens is 1. The maximum atomic E-state index is 9.81. The number of hydrogen-bond donors (Lipinski definition) is 0. The van der Waals surface area contributed by atoms with E-state index >= 15 is 0 Å². The van der Waals surface area contributed by atoms with Gasteiger partial charge >= 0.3 is 0 Å². The van der Waals surface area contributed by atoms with Crippen molar-refractivity contribution in [1.29, 1.82) is 0 Å². The first kappa shape index (κ1) is 5.96. The smallest absolute Gasteiger partial charge is 0.221 e. The summed E-state index contributed by atoms with van der Waals surface area (Å²) in [7, 11) is 0. The zero-order chi connectivity index (χ0) is 4.99. The van der Waals surface area contributed by atoms with Crippen LogP contribution in [-0.2, 0) is 4.79 Å². The van der Waals surface area contributed by atoms with Crippen LogP contribution in [0.4, 0.5) is 0 Å². The Balaban J connectivity index is 2.83. The standard InChI is InChI=1S/C4H7ClO/c1-2-3-4(5)6/h2-3H2,1H3/i4-1. The van der Waals surface area contributed by atoms with Gasteiger partial charge in [-0.25, -0.2) is 0 Å². The van der Waals surface area contributed by atoms with Gasteiger partial charge in [-0.05, 0) is 18.0 Å². The van der Waals surface area contributed by atoms with Crippen LogP contribution in [0.15, 0.2) is 0 Å². The van der Waals surface area contributed by atoms with Crippen LogP contribution in [0.1, 0.15) is 19.8 Å². The van der Waals surface area contributed by atoms with Gasteiger partial charge in [0.1, 0.15) is 0 Å². The molecule has 0 aliphatic heterocycles. The van der Waals surface area contributed by atoms with E-state index in [0.717, 1.165) is 6.42 Å². The average molecular weight is 106 g/mol. The van der Waals surface area contributed by atoms with Crippen LogP contribution in [0.5, 0.6) is 0 Å². The Morgan fingerprint density at radius 3 is 2.33 bits per heavy atom. The number of hydrogen-bond acceptors (Lipinski definition) is 1. The third-order valence-electron chi connectivity index (χ3n) is 0.447. The highest BCUT2D eigenvalue weighted by Gasteiger charge is 1.87. The predicted molar refractivity (Wildman–Crippen MR) is 25.8 cm³/mol. The van der Waals surface area contributed by atoms with Gasteiger partial charge < -0.3 is 0 Å². The molecule has 1 nitrogen and oxygen atoms in total. The summed E-state index contributed by atoms with van der Waals surface area (Å²) < 4.78 is 0. The molecular formula is C4H7ClO. The zero-order valence-electron chi connectivity index (χ0n) is 3.70. The highest BCUT2D eigenvalue weighted by Crippen LogP contribution is 1.90. The van der Waals surface area contributed by atoms with Crippen molar-refractivity contribution in [3.05, 3.63) is 0 Å². The summed E-state index contributed by atoms with van der Waals surface area (Å²) in [6, 6.07) is 0. The Morgan fingerprint density at radius 2 is 2.33 bits per heavy atom. The van der Waals surface area contributed by atoms with Gasteiger partial charge in [-0.15, -0.1) is 0 Å². The van der Waals surface area contributed by atoms with Gasteiger partial charge in [-0.3, -0.25) is 4.79 Å². The molecule has 6 heavy (non-hydrogen) atoms. The molecule has 0 fully saturated rings. The number of carbonyl (C=O) groups excluding carboxylic acids is 1. The zero-order valence-corrected chi connectivity index (χ0v) is 4.46. The lowest BCUT2D eigenvalue weighted by atomic mass is 10.1. The quantitative estimate of drug-likeness (QED) is 0.487. The highest BCUT2D eigenvalue weighted by atomic mass is 35.5. The second-order valence-corrected chi connectivity index (χ2v) is 1.53. The summed E-state index contributed by atoms with van der Waals surface area (Å²) in [6.45, 7) is 1.92. The lowest BCUT2D eigenvalue weighted by molar-refractivity contribution is -0.111. The van der Waals surface area contributed by atoms with E-state index in [4.69, 9.17) is 11.6 Å². The first-order valence-electron chi connectivity index (χ1n) is 1.95. The number of carbonyl (C=O) groups is 1. The average Bonchev–Trinajstić information content (AvgIpc) is 1.35. The molecular weight excluding hydrogens is 98.5 g/mol. The Bertz CT molecular complexity index is 51.5. The summed E-state index contributed by atoms with van der Waals surface area (Å²) in [6.07, 6.45) is 1.35. The normalized spacial score (nSPS) is 8.33. The largest absolute Gasteiger partial charge is 0.281 e. The summed E-state index contributed by atoms with van der Waals surface area (Å²) in [5.74, 6) is 0. The fourth-order valence-electron chi connectivity index (χ4n) is 0.197. The Hall–Kier alpha value is -0.0400. The SMILES string of the molecule is CCC[11C](=O)Cl. The predicted octanol–water partition coefficient (Wildman–Crippen LogP) is 1.55. The minimum absolute atomic E-state index is 0.238. The number of rotatable bonds is 2. The monoisotopic (exact) mass is 105 g/mol. The minimum Gasteiger partial charge on any atom is -0.281 e. The Kier molecular flexibility index (Phi) is 3.14. The van der Waals surface area contributed by atoms with E-state index < -0.39 is 0 Å². The van der Waals surface area contributed by atoms with Gasteiger partial charge in [0.15, 0.2) is 0 Å². The molecule has 0 aliphatic rings. The summed E-state index contributed by atoms with van der Waals surface area (Å²) in [5, 5.41) is -0.238. The molecule has 0 aromatic carbocycles. The van der Waals surface area contributed by atoms with E-state index in [9.17, 15) is 4.79 Å². The maximum Gasteiger partial charge on any atom is 0.221 e. The van der Waals surface area contributed by atoms with Gasteiger partial charge in [-0.2, -0.15) is 0 Å². The second-order valence-electron chi connectivity index (χ2n) is 1.11. The van der Waals surface area contributed by atoms with Gasteiger partial charge in [-0.1, -0.05) is 6.92 Å². The van der Waals surface area contributed by atoms with E-state index in [2.05, 4.69) is 0 Å². The molecule has 0 radical (unpaired) electrons. The molecule has 0 aliphatic carbocycles. The Morgan fingerprint density at radius 1 is 1.83 bits per heavy atom. The molecule has 0 N–H and O–H groups in total. The molecule has 0 amide bonds.